The Kier molecular flexibility index (Phi) is 4.58. The van der Waals surface area contributed by atoms with Crippen molar-refractivity contribution in [3.8, 4) is 5.75 Å². The zero-order valence-corrected chi connectivity index (χ0v) is 12.1. The molecule has 98 valence electrons. The number of carbonyl (C=O) groups excluding carboxylic acids is 1. The van der Waals surface area contributed by atoms with E-state index in [0.717, 1.165) is 10.0 Å². The minimum absolute atomic E-state index is 0.119. The maximum Gasteiger partial charge on any atom is 0.251 e. The van der Waals surface area contributed by atoms with Gasteiger partial charge in [-0.2, -0.15) is 0 Å². The van der Waals surface area contributed by atoms with Crippen LogP contribution < -0.4 is 10.1 Å². The van der Waals surface area contributed by atoms with Gasteiger partial charge in [-0.25, -0.2) is 0 Å². The predicted molar refractivity (Wildman–Crippen MR) is 78.3 cm³/mol. The van der Waals surface area contributed by atoms with E-state index in [1.807, 2.05) is 30.3 Å². The Balaban J connectivity index is 2.08. The van der Waals surface area contributed by atoms with Crippen molar-refractivity contribution in [1.82, 2.24) is 5.32 Å². The SMILES string of the molecule is CNC(=O)c1cccc(OCc2ccccc2Br)c1. The van der Waals surface area contributed by atoms with Gasteiger partial charge in [0.2, 0.25) is 0 Å². The fourth-order valence-electron chi connectivity index (χ4n) is 1.65. The smallest absolute Gasteiger partial charge is 0.251 e. The number of hydrogen-bond acceptors (Lipinski definition) is 2. The van der Waals surface area contributed by atoms with Gasteiger partial charge in [0.15, 0.2) is 0 Å². The topological polar surface area (TPSA) is 38.3 Å². The summed E-state index contributed by atoms with van der Waals surface area (Å²) in [5.41, 5.74) is 1.65. The van der Waals surface area contributed by atoms with Crippen molar-refractivity contribution in [2.24, 2.45) is 0 Å². The van der Waals surface area contributed by atoms with E-state index < -0.39 is 0 Å². The first-order valence-electron chi connectivity index (χ1n) is 5.89. The molecule has 1 N–H and O–H groups in total. The second-order valence-electron chi connectivity index (χ2n) is 3.99. The second kappa shape index (κ2) is 6.38. The van der Waals surface area contributed by atoms with E-state index in [9.17, 15) is 4.79 Å². The first-order valence-corrected chi connectivity index (χ1v) is 6.68. The van der Waals surface area contributed by atoms with Gasteiger partial charge >= 0.3 is 0 Å². The van der Waals surface area contributed by atoms with Gasteiger partial charge in [0.1, 0.15) is 12.4 Å². The third kappa shape index (κ3) is 3.58. The Hall–Kier alpha value is -1.81. The maximum atomic E-state index is 11.5. The Morgan fingerprint density at radius 2 is 2.00 bits per heavy atom. The molecule has 0 fully saturated rings. The molecular formula is C15H14BrNO2. The van der Waals surface area contributed by atoms with E-state index in [-0.39, 0.29) is 5.91 Å². The van der Waals surface area contributed by atoms with Crippen LogP contribution >= 0.6 is 15.9 Å². The van der Waals surface area contributed by atoms with Gasteiger partial charge in [0.05, 0.1) is 0 Å². The molecule has 0 heterocycles. The van der Waals surface area contributed by atoms with E-state index in [4.69, 9.17) is 4.74 Å². The molecule has 0 spiro atoms. The summed E-state index contributed by atoms with van der Waals surface area (Å²) in [5, 5.41) is 2.59. The monoisotopic (exact) mass is 319 g/mol. The molecule has 2 rings (SSSR count). The van der Waals surface area contributed by atoms with E-state index >= 15 is 0 Å². The van der Waals surface area contributed by atoms with Crippen molar-refractivity contribution in [1.29, 1.82) is 0 Å². The van der Waals surface area contributed by atoms with Gasteiger partial charge < -0.3 is 10.1 Å². The molecule has 3 nitrogen and oxygen atoms in total. The molecule has 0 aliphatic heterocycles. The number of hydrogen-bond donors (Lipinski definition) is 1. The van der Waals surface area contributed by atoms with Crippen LogP contribution in [0.4, 0.5) is 0 Å². The number of rotatable bonds is 4. The molecule has 1 amide bonds. The van der Waals surface area contributed by atoms with E-state index in [2.05, 4.69) is 21.2 Å². The number of benzene rings is 2. The molecule has 4 heteroatoms. The van der Waals surface area contributed by atoms with Crippen LogP contribution in [0.15, 0.2) is 53.0 Å². The standard InChI is InChI=1S/C15H14BrNO2/c1-17-15(18)11-6-4-7-13(9-11)19-10-12-5-2-3-8-14(12)16/h2-9H,10H2,1H3,(H,17,18). The van der Waals surface area contributed by atoms with Crippen molar-refractivity contribution in [2.45, 2.75) is 6.61 Å². The molecule has 0 saturated carbocycles. The van der Waals surface area contributed by atoms with Crippen LogP contribution in [0.1, 0.15) is 15.9 Å². The van der Waals surface area contributed by atoms with Crippen LogP contribution in [0.25, 0.3) is 0 Å². The Labute approximate surface area is 120 Å². The van der Waals surface area contributed by atoms with Crippen LogP contribution in [0.3, 0.4) is 0 Å². The predicted octanol–water partition coefficient (Wildman–Crippen LogP) is 3.39. The highest BCUT2D eigenvalue weighted by Gasteiger charge is 2.05. The number of carbonyl (C=O) groups is 1. The van der Waals surface area contributed by atoms with Crippen LogP contribution in [-0.2, 0) is 6.61 Å². The van der Waals surface area contributed by atoms with Crippen molar-refractivity contribution in [3.63, 3.8) is 0 Å². The quantitative estimate of drug-likeness (QED) is 0.938. The minimum atomic E-state index is -0.119. The Morgan fingerprint density at radius 3 is 2.74 bits per heavy atom. The summed E-state index contributed by atoms with van der Waals surface area (Å²) < 4.78 is 6.71. The highest BCUT2D eigenvalue weighted by Crippen LogP contribution is 2.19. The average Bonchev–Trinajstić information content (AvgIpc) is 2.46. The minimum Gasteiger partial charge on any atom is -0.489 e. The summed E-state index contributed by atoms with van der Waals surface area (Å²) in [6, 6.07) is 15.0. The lowest BCUT2D eigenvalue weighted by Gasteiger charge is -2.09. The van der Waals surface area contributed by atoms with E-state index in [1.54, 1.807) is 25.2 Å². The van der Waals surface area contributed by atoms with Crippen molar-refractivity contribution in [2.75, 3.05) is 7.05 Å². The lowest BCUT2D eigenvalue weighted by molar-refractivity contribution is 0.0962. The van der Waals surface area contributed by atoms with Gasteiger partial charge in [-0.1, -0.05) is 40.2 Å². The molecule has 2 aromatic carbocycles. The number of ether oxygens (including phenoxy) is 1. The van der Waals surface area contributed by atoms with E-state index in [0.29, 0.717) is 17.9 Å². The summed E-state index contributed by atoms with van der Waals surface area (Å²) >= 11 is 3.47. The average molecular weight is 320 g/mol. The molecule has 2 aromatic rings. The molecule has 0 unspecified atom stereocenters. The van der Waals surface area contributed by atoms with Gasteiger partial charge in [0, 0.05) is 22.6 Å². The lowest BCUT2D eigenvalue weighted by Crippen LogP contribution is -2.17. The van der Waals surface area contributed by atoms with E-state index in [1.165, 1.54) is 0 Å². The first-order chi connectivity index (χ1) is 9.20. The zero-order valence-electron chi connectivity index (χ0n) is 10.5. The molecule has 0 aromatic heterocycles. The van der Waals surface area contributed by atoms with Gasteiger partial charge in [0.25, 0.3) is 5.91 Å². The van der Waals surface area contributed by atoms with Crippen LogP contribution in [-0.4, -0.2) is 13.0 Å². The van der Waals surface area contributed by atoms with Crippen LogP contribution in [0.5, 0.6) is 5.75 Å². The summed E-state index contributed by atoms with van der Waals surface area (Å²) in [4.78, 5) is 11.5. The molecule has 0 saturated heterocycles. The van der Waals surface area contributed by atoms with Gasteiger partial charge in [-0.3, -0.25) is 4.79 Å². The van der Waals surface area contributed by atoms with Crippen molar-refractivity contribution >= 4 is 21.8 Å². The number of halogens is 1. The summed E-state index contributed by atoms with van der Waals surface area (Å²) in [6.45, 7) is 0.457. The summed E-state index contributed by atoms with van der Waals surface area (Å²) in [6.07, 6.45) is 0. The third-order valence-corrected chi connectivity index (χ3v) is 3.45. The third-order valence-electron chi connectivity index (χ3n) is 2.68. The van der Waals surface area contributed by atoms with Gasteiger partial charge in [-0.05, 0) is 24.3 Å². The van der Waals surface area contributed by atoms with Crippen LogP contribution in [0.2, 0.25) is 0 Å². The molecule has 19 heavy (non-hydrogen) atoms. The molecule has 0 radical (unpaired) electrons. The number of amides is 1. The van der Waals surface area contributed by atoms with Crippen molar-refractivity contribution < 1.29 is 9.53 Å². The molecule has 0 atom stereocenters. The fourth-order valence-corrected chi connectivity index (χ4v) is 2.05. The lowest BCUT2D eigenvalue weighted by atomic mass is 10.2. The highest BCUT2D eigenvalue weighted by molar-refractivity contribution is 9.10. The molecule has 0 bridgehead atoms. The summed E-state index contributed by atoms with van der Waals surface area (Å²) in [7, 11) is 1.61. The Morgan fingerprint density at radius 1 is 1.21 bits per heavy atom. The fraction of sp³-hybridized carbons (Fsp3) is 0.133. The first kappa shape index (κ1) is 13.6. The molecular weight excluding hydrogens is 306 g/mol. The van der Waals surface area contributed by atoms with Gasteiger partial charge in [-0.15, -0.1) is 0 Å². The Bertz CT molecular complexity index is 584. The largest absolute Gasteiger partial charge is 0.489 e. The van der Waals surface area contributed by atoms with Crippen LogP contribution in [0, 0.1) is 0 Å². The maximum absolute atomic E-state index is 11.5. The molecule has 0 aliphatic carbocycles. The molecule has 0 aliphatic rings. The second-order valence-corrected chi connectivity index (χ2v) is 4.84. The zero-order chi connectivity index (χ0) is 13.7. The normalized spacial score (nSPS) is 10.0. The highest BCUT2D eigenvalue weighted by atomic mass is 79.9. The summed E-state index contributed by atoms with van der Waals surface area (Å²) in [5.74, 6) is 0.559. The number of nitrogens with one attached hydrogen (secondary N) is 1. The van der Waals surface area contributed by atoms with Crippen molar-refractivity contribution in [3.05, 3.63) is 64.1 Å².